The van der Waals surface area contributed by atoms with Crippen LogP contribution >= 0.6 is 11.3 Å². The topological polar surface area (TPSA) is 58.9 Å². The maximum Gasteiger partial charge on any atom is 0.146 e. The van der Waals surface area contributed by atoms with Gasteiger partial charge in [0.05, 0.1) is 11.9 Å². The highest BCUT2D eigenvalue weighted by molar-refractivity contribution is 7.18. The summed E-state index contributed by atoms with van der Waals surface area (Å²) in [5.74, 6) is 3.57. The van der Waals surface area contributed by atoms with Crippen LogP contribution in [0.15, 0.2) is 42.7 Å². The summed E-state index contributed by atoms with van der Waals surface area (Å²) >= 11 is 1.76. The van der Waals surface area contributed by atoms with E-state index in [-0.39, 0.29) is 6.04 Å². The highest BCUT2D eigenvalue weighted by Crippen LogP contribution is 2.36. The zero-order chi connectivity index (χ0) is 22.9. The van der Waals surface area contributed by atoms with Crippen LogP contribution in [-0.2, 0) is 13.6 Å². The lowest BCUT2D eigenvalue weighted by molar-refractivity contribution is 0.181. The van der Waals surface area contributed by atoms with Crippen LogP contribution in [0.3, 0.4) is 0 Å². The standard InChI is InChI=1S/C26H32N6S/c1-17-10-13-32(14-11-17)16-21-28-24(22-18(2)19(3)33-26(22)29-21)30-23(20-8-6-5-7-9-20)25-27-12-15-31(25)4/h5-9,12,15,17,23H,10-11,13-14,16H2,1-4H3,(H,28,29,30)/t23-/m1/s1. The van der Waals surface area contributed by atoms with Gasteiger partial charge in [0, 0.05) is 24.3 Å². The number of hydrogen-bond acceptors (Lipinski definition) is 6. The number of hydrogen-bond donors (Lipinski definition) is 1. The Kier molecular flexibility index (Phi) is 6.17. The minimum atomic E-state index is -0.104. The lowest BCUT2D eigenvalue weighted by Gasteiger charge is -2.29. The summed E-state index contributed by atoms with van der Waals surface area (Å²) in [5, 5.41) is 4.90. The predicted octanol–water partition coefficient (Wildman–Crippen LogP) is 5.48. The second-order valence-electron chi connectivity index (χ2n) is 9.29. The summed E-state index contributed by atoms with van der Waals surface area (Å²) in [6.45, 7) is 9.73. The summed E-state index contributed by atoms with van der Waals surface area (Å²) in [4.78, 5) is 19.6. The zero-order valence-corrected chi connectivity index (χ0v) is 20.7. The molecule has 0 bridgehead atoms. The summed E-state index contributed by atoms with van der Waals surface area (Å²) < 4.78 is 2.07. The predicted molar refractivity (Wildman–Crippen MR) is 136 cm³/mol. The fourth-order valence-corrected chi connectivity index (χ4v) is 5.67. The smallest absolute Gasteiger partial charge is 0.146 e. The number of likely N-dealkylation sites (tertiary alicyclic amines) is 1. The number of piperidine rings is 1. The van der Waals surface area contributed by atoms with Gasteiger partial charge in [-0.3, -0.25) is 4.90 Å². The molecule has 0 amide bonds. The van der Waals surface area contributed by atoms with E-state index < -0.39 is 0 Å². The van der Waals surface area contributed by atoms with E-state index in [1.54, 1.807) is 11.3 Å². The number of fused-ring (bicyclic) bond motifs is 1. The third-order valence-electron chi connectivity index (χ3n) is 6.85. The maximum atomic E-state index is 5.10. The molecule has 0 radical (unpaired) electrons. The fourth-order valence-electron chi connectivity index (χ4n) is 4.62. The molecule has 7 heteroatoms. The Labute approximate surface area is 199 Å². The Morgan fingerprint density at radius 3 is 2.58 bits per heavy atom. The number of imidazole rings is 1. The molecule has 1 aliphatic rings. The summed E-state index contributed by atoms with van der Waals surface area (Å²) in [5.41, 5.74) is 2.41. The molecule has 0 aliphatic carbocycles. The van der Waals surface area contributed by atoms with Crippen LogP contribution in [0.4, 0.5) is 5.82 Å². The quantitative estimate of drug-likeness (QED) is 0.413. The van der Waals surface area contributed by atoms with E-state index in [0.29, 0.717) is 0 Å². The first-order chi connectivity index (χ1) is 16.0. The van der Waals surface area contributed by atoms with Crippen molar-refractivity contribution in [1.82, 2.24) is 24.4 Å². The molecule has 4 heterocycles. The number of aromatic nitrogens is 4. The Hall–Kier alpha value is -2.77. The third kappa shape index (κ3) is 4.52. The Balaban J connectivity index is 1.55. The van der Waals surface area contributed by atoms with Gasteiger partial charge in [-0.25, -0.2) is 15.0 Å². The first kappa shape index (κ1) is 22.0. The van der Waals surface area contributed by atoms with E-state index >= 15 is 0 Å². The largest absolute Gasteiger partial charge is 0.356 e. The monoisotopic (exact) mass is 460 g/mol. The van der Waals surface area contributed by atoms with Gasteiger partial charge in [-0.1, -0.05) is 37.3 Å². The highest BCUT2D eigenvalue weighted by Gasteiger charge is 2.23. The van der Waals surface area contributed by atoms with Gasteiger partial charge < -0.3 is 9.88 Å². The van der Waals surface area contributed by atoms with Crippen molar-refractivity contribution in [3.63, 3.8) is 0 Å². The van der Waals surface area contributed by atoms with Crippen LogP contribution in [-0.4, -0.2) is 37.5 Å². The molecular formula is C26H32N6S. The SMILES string of the molecule is Cc1sc2nc(CN3CCC(C)CC3)nc(N[C@H](c3ccccc3)c3nccn3C)c2c1C. The molecule has 33 heavy (non-hydrogen) atoms. The Morgan fingerprint density at radius 2 is 1.88 bits per heavy atom. The molecule has 3 aromatic heterocycles. The van der Waals surface area contributed by atoms with Crippen LogP contribution in [0, 0.1) is 19.8 Å². The zero-order valence-electron chi connectivity index (χ0n) is 19.9. The molecule has 4 aromatic rings. The molecule has 172 valence electrons. The number of aryl methyl sites for hydroxylation is 3. The van der Waals surface area contributed by atoms with Crippen molar-refractivity contribution in [3.05, 3.63) is 70.4 Å². The fraction of sp³-hybridized carbons (Fsp3) is 0.423. The summed E-state index contributed by atoms with van der Waals surface area (Å²) in [7, 11) is 2.04. The number of nitrogens with zero attached hydrogens (tertiary/aromatic N) is 5. The van der Waals surface area contributed by atoms with E-state index in [1.807, 2.05) is 25.5 Å². The Morgan fingerprint density at radius 1 is 1.12 bits per heavy atom. The van der Waals surface area contributed by atoms with Gasteiger partial charge >= 0.3 is 0 Å². The van der Waals surface area contributed by atoms with Gasteiger partial charge in [0.15, 0.2) is 0 Å². The minimum absolute atomic E-state index is 0.104. The third-order valence-corrected chi connectivity index (χ3v) is 7.95. The van der Waals surface area contributed by atoms with Crippen molar-refractivity contribution >= 4 is 27.4 Å². The highest BCUT2D eigenvalue weighted by atomic mass is 32.1. The van der Waals surface area contributed by atoms with Crippen molar-refractivity contribution in [2.45, 2.75) is 46.2 Å². The molecule has 1 saturated heterocycles. The van der Waals surface area contributed by atoms with Crippen LogP contribution in [0.1, 0.15) is 53.5 Å². The van der Waals surface area contributed by atoms with Gasteiger partial charge in [-0.2, -0.15) is 0 Å². The van der Waals surface area contributed by atoms with E-state index in [1.165, 1.54) is 23.3 Å². The molecule has 0 spiro atoms. The molecule has 1 fully saturated rings. The maximum absolute atomic E-state index is 5.10. The molecular weight excluding hydrogens is 428 g/mol. The lowest BCUT2D eigenvalue weighted by Crippen LogP contribution is -2.33. The lowest BCUT2D eigenvalue weighted by atomic mass is 9.99. The van der Waals surface area contributed by atoms with Gasteiger partial charge in [-0.05, 0) is 56.8 Å². The first-order valence-corrected chi connectivity index (χ1v) is 12.6. The molecule has 1 N–H and O–H groups in total. The van der Waals surface area contributed by atoms with Crippen molar-refractivity contribution in [1.29, 1.82) is 0 Å². The molecule has 6 nitrogen and oxygen atoms in total. The average Bonchev–Trinajstić information content (AvgIpc) is 3.36. The van der Waals surface area contributed by atoms with E-state index in [0.717, 1.165) is 58.8 Å². The number of rotatable bonds is 6. The Bertz CT molecular complexity index is 1240. The molecule has 5 rings (SSSR count). The molecule has 0 unspecified atom stereocenters. The summed E-state index contributed by atoms with van der Waals surface area (Å²) in [6, 6.07) is 10.4. The van der Waals surface area contributed by atoms with E-state index in [9.17, 15) is 0 Å². The van der Waals surface area contributed by atoms with Gasteiger partial charge in [0.2, 0.25) is 0 Å². The second kappa shape index (κ2) is 9.23. The summed E-state index contributed by atoms with van der Waals surface area (Å²) in [6.07, 6.45) is 6.34. The molecule has 1 atom stereocenters. The van der Waals surface area contributed by atoms with E-state index in [4.69, 9.17) is 9.97 Å². The van der Waals surface area contributed by atoms with Crippen LogP contribution in [0.25, 0.3) is 10.2 Å². The number of thiophene rings is 1. The number of nitrogens with one attached hydrogen (secondary N) is 1. The molecule has 0 saturated carbocycles. The van der Waals surface area contributed by atoms with Crippen molar-refractivity contribution in [2.24, 2.45) is 13.0 Å². The van der Waals surface area contributed by atoms with Crippen LogP contribution in [0.5, 0.6) is 0 Å². The van der Waals surface area contributed by atoms with Gasteiger partial charge in [-0.15, -0.1) is 11.3 Å². The first-order valence-electron chi connectivity index (χ1n) is 11.8. The van der Waals surface area contributed by atoms with Crippen LogP contribution < -0.4 is 5.32 Å². The minimum Gasteiger partial charge on any atom is -0.356 e. The average molecular weight is 461 g/mol. The molecule has 1 aliphatic heterocycles. The van der Waals surface area contributed by atoms with Gasteiger partial charge in [0.1, 0.15) is 28.3 Å². The number of benzene rings is 1. The number of anilines is 1. The van der Waals surface area contributed by atoms with Crippen LogP contribution in [0.2, 0.25) is 0 Å². The van der Waals surface area contributed by atoms with E-state index in [2.05, 4.69) is 64.8 Å². The van der Waals surface area contributed by atoms with Gasteiger partial charge in [0.25, 0.3) is 0 Å². The van der Waals surface area contributed by atoms with Crippen molar-refractivity contribution < 1.29 is 0 Å². The van der Waals surface area contributed by atoms with Crippen molar-refractivity contribution in [3.8, 4) is 0 Å². The molecule has 1 aromatic carbocycles. The normalized spacial score (nSPS) is 16.4. The van der Waals surface area contributed by atoms with Crippen molar-refractivity contribution in [2.75, 3.05) is 18.4 Å². The second-order valence-corrected chi connectivity index (χ2v) is 10.5.